The minimum Gasteiger partial charge on any atom is -0.351 e. The van der Waals surface area contributed by atoms with Gasteiger partial charge in [-0.1, -0.05) is 36.4 Å². The molecule has 0 radical (unpaired) electrons. The fourth-order valence-corrected chi connectivity index (χ4v) is 3.88. The average molecular weight is 480 g/mol. The molecule has 2 heterocycles. The summed E-state index contributed by atoms with van der Waals surface area (Å²) >= 11 is 0. The van der Waals surface area contributed by atoms with Crippen LogP contribution in [0.15, 0.2) is 48.5 Å². The van der Waals surface area contributed by atoms with E-state index in [0.717, 1.165) is 22.9 Å². The number of amides is 1. The first-order chi connectivity index (χ1) is 15.1. The summed E-state index contributed by atoms with van der Waals surface area (Å²) in [6, 6.07) is 12.5. The number of aromatic nitrogens is 2. The predicted molar refractivity (Wildman–Crippen MR) is 124 cm³/mol. The first kappa shape index (κ1) is 24.7. The monoisotopic (exact) mass is 479 g/mol. The van der Waals surface area contributed by atoms with Crippen molar-refractivity contribution >= 4 is 34.9 Å². The maximum atomic E-state index is 12.9. The van der Waals surface area contributed by atoms with Crippen LogP contribution in [0.3, 0.4) is 0 Å². The van der Waals surface area contributed by atoms with Gasteiger partial charge in [-0.3, -0.25) is 4.79 Å². The van der Waals surface area contributed by atoms with Gasteiger partial charge in [0.15, 0.2) is 5.82 Å². The summed E-state index contributed by atoms with van der Waals surface area (Å²) in [7, 11) is 0. The van der Waals surface area contributed by atoms with Crippen molar-refractivity contribution in [3.63, 3.8) is 0 Å². The average Bonchev–Trinajstić information content (AvgIpc) is 2.77. The first-order valence-corrected chi connectivity index (χ1v) is 10.3. The number of carbonyl (C=O) groups excluding carboxylic acids is 1. The zero-order chi connectivity index (χ0) is 23.1. The van der Waals surface area contributed by atoms with Crippen LogP contribution in [0.4, 0.5) is 19.0 Å². The fourth-order valence-electron chi connectivity index (χ4n) is 3.88. The van der Waals surface area contributed by atoms with Gasteiger partial charge >= 0.3 is 6.18 Å². The Labute approximate surface area is 196 Å². The molecular weight excluding hydrogens is 455 g/mol. The molecule has 1 saturated heterocycles. The Morgan fingerprint density at radius 3 is 2.03 bits per heavy atom. The van der Waals surface area contributed by atoms with Gasteiger partial charge in [0.25, 0.3) is 0 Å². The molecule has 33 heavy (non-hydrogen) atoms. The lowest BCUT2D eigenvalue weighted by atomic mass is 10.0. The van der Waals surface area contributed by atoms with Crippen LogP contribution in [0.2, 0.25) is 0 Å². The van der Waals surface area contributed by atoms with E-state index in [2.05, 4.69) is 15.1 Å². The molecule has 1 aliphatic heterocycles. The molecule has 10 heteroatoms. The predicted octanol–water partition coefficient (Wildman–Crippen LogP) is 4.12. The van der Waals surface area contributed by atoms with E-state index in [1.54, 1.807) is 18.7 Å². The topological polar surface area (TPSA) is 75.4 Å². The van der Waals surface area contributed by atoms with Crippen molar-refractivity contribution in [2.24, 2.45) is 5.73 Å². The highest BCUT2D eigenvalue weighted by Gasteiger charge is 2.32. The smallest absolute Gasteiger partial charge is 0.351 e. The fraction of sp³-hybridized carbons (Fsp3) is 0.348. The molecule has 0 spiro atoms. The Balaban J connectivity index is 0.00000306. The second-order valence-electron chi connectivity index (χ2n) is 8.49. The lowest BCUT2D eigenvalue weighted by Crippen LogP contribution is -2.57. The molecule has 2 N–H and O–H groups in total. The van der Waals surface area contributed by atoms with Gasteiger partial charge in [0.05, 0.1) is 11.1 Å². The minimum atomic E-state index is -4.39. The zero-order valence-corrected chi connectivity index (χ0v) is 19.1. The summed E-state index contributed by atoms with van der Waals surface area (Å²) in [4.78, 5) is 16.3. The number of piperazine rings is 1. The van der Waals surface area contributed by atoms with Crippen LogP contribution in [0.25, 0.3) is 22.0 Å². The van der Waals surface area contributed by atoms with E-state index in [1.807, 2.05) is 24.3 Å². The molecule has 3 aromatic rings. The standard InChI is InChI=1S/C23H24F3N5O.ClH/c1-22(2,27)21(32)31-13-11-30(12-14-31)20-18-6-4-3-5-17(18)19(28-29-20)15-7-9-16(10-8-15)23(24,25)26;/h3-10H,11-14,27H2,1-2H3;1H. The zero-order valence-electron chi connectivity index (χ0n) is 18.3. The molecule has 176 valence electrons. The normalized spacial score (nSPS) is 14.8. The van der Waals surface area contributed by atoms with Crippen molar-refractivity contribution in [2.45, 2.75) is 25.6 Å². The Morgan fingerprint density at radius 2 is 1.48 bits per heavy atom. The summed E-state index contributed by atoms with van der Waals surface area (Å²) < 4.78 is 38.7. The number of carbonyl (C=O) groups is 1. The summed E-state index contributed by atoms with van der Waals surface area (Å²) in [6.45, 7) is 5.60. The van der Waals surface area contributed by atoms with Crippen molar-refractivity contribution in [1.82, 2.24) is 15.1 Å². The van der Waals surface area contributed by atoms with Crippen LogP contribution >= 0.6 is 12.4 Å². The molecule has 1 aromatic heterocycles. The van der Waals surface area contributed by atoms with Gasteiger partial charge in [-0.05, 0) is 26.0 Å². The van der Waals surface area contributed by atoms with E-state index in [9.17, 15) is 18.0 Å². The Morgan fingerprint density at radius 1 is 0.909 bits per heavy atom. The molecule has 0 saturated carbocycles. The van der Waals surface area contributed by atoms with Crippen LogP contribution in [0.1, 0.15) is 19.4 Å². The highest BCUT2D eigenvalue weighted by atomic mass is 35.5. The lowest BCUT2D eigenvalue weighted by molar-refractivity contribution is -0.137. The number of rotatable bonds is 3. The van der Waals surface area contributed by atoms with Crippen molar-refractivity contribution in [2.75, 3.05) is 31.1 Å². The van der Waals surface area contributed by atoms with E-state index < -0.39 is 17.3 Å². The number of benzene rings is 2. The summed E-state index contributed by atoms with van der Waals surface area (Å²) in [5.74, 6) is 0.598. The second kappa shape index (κ2) is 9.15. The third kappa shape index (κ3) is 5.04. The molecule has 0 unspecified atom stereocenters. The number of halogens is 4. The highest BCUT2D eigenvalue weighted by Crippen LogP contribution is 2.34. The van der Waals surface area contributed by atoms with E-state index in [-0.39, 0.29) is 18.3 Å². The third-order valence-corrected chi connectivity index (χ3v) is 5.57. The summed E-state index contributed by atoms with van der Waals surface area (Å²) in [5.41, 5.74) is 5.41. The second-order valence-corrected chi connectivity index (χ2v) is 8.49. The number of fused-ring (bicyclic) bond motifs is 1. The van der Waals surface area contributed by atoms with Gasteiger partial charge in [-0.2, -0.15) is 13.2 Å². The Kier molecular flexibility index (Phi) is 6.85. The molecule has 2 aromatic carbocycles. The number of nitrogens with two attached hydrogens (primary N) is 1. The largest absolute Gasteiger partial charge is 0.416 e. The Hall–Kier alpha value is -2.91. The number of alkyl halides is 3. The van der Waals surface area contributed by atoms with Crippen LogP contribution in [-0.2, 0) is 11.0 Å². The summed E-state index contributed by atoms with van der Waals surface area (Å²) in [6.07, 6.45) is -4.39. The molecule has 4 rings (SSSR count). The van der Waals surface area contributed by atoms with Gasteiger partial charge in [-0.25, -0.2) is 0 Å². The maximum absolute atomic E-state index is 12.9. The minimum absolute atomic E-state index is 0. The van der Waals surface area contributed by atoms with E-state index in [4.69, 9.17) is 5.73 Å². The van der Waals surface area contributed by atoms with Gasteiger partial charge in [-0.15, -0.1) is 22.6 Å². The first-order valence-electron chi connectivity index (χ1n) is 10.3. The quantitative estimate of drug-likeness (QED) is 0.611. The molecular formula is C23H25ClF3N5O. The molecule has 0 aliphatic carbocycles. The molecule has 1 amide bonds. The summed E-state index contributed by atoms with van der Waals surface area (Å²) in [5, 5.41) is 10.4. The van der Waals surface area contributed by atoms with Crippen molar-refractivity contribution in [3.8, 4) is 11.3 Å². The van der Waals surface area contributed by atoms with Gasteiger partial charge < -0.3 is 15.5 Å². The highest BCUT2D eigenvalue weighted by molar-refractivity contribution is 6.00. The lowest BCUT2D eigenvalue weighted by Gasteiger charge is -2.38. The number of anilines is 1. The van der Waals surface area contributed by atoms with Crippen molar-refractivity contribution in [3.05, 3.63) is 54.1 Å². The van der Waals surface area contributed by atoms with Gasteiger partial charge in [0, 0.05) is 42.5 Å². The molecule has 6 nitrogen and oxygen atoms in total. The van der Waals surface area contributed by atoms with E-state index in [1.165, 1.54) is 12.1 Å². The van der Waals surface area contributed by atoms with Gasteiger partial charge in [0.1, 0.15) is 5.69 Å². The van der Waals surface area contributed by atoms with Crippen LogP contribution in [0, 0.1) is 0 Å². The Bertz CT molecular complexity index is 1140. The number of hydrogen-bond donors (Lipinski definition) is 1. The number of hydrogen-bond acceptors (Lipinski definition) is 5. The van der Waals surface area contributed by atoms with Crippen LogP contribution < -0.4 is 10.6 Å². The number of nitrogens with zero attached hydrogens (tertiary/aromatic N) is 4. The molecule has 1 fully saturated rings. The third-order valence-electron chi connectivity index (χ3n) is 5.57. The van der Waals surface area contributed by atoms with Crippen molar-refractivity contribution in [1.29, 1.82) is 0 Å². The maximum Gasteiger partial charge on any atom is 0.416 e. The van der Waals surface area contributed by atoms with E-state index in [0.29, 0.717) is 43.3 Å². The van der Waals surface area contributed by atoms with Crippen LogP contribution in [0.5, 0.6) is 0 Å². The SMILES string of the molecule is CC(C)(N)C(=O)N1CCN(c2nnc(-c3ccc(C(F)(F)F)cc3)c3ccccc23)CC1.Cl. The van der Waals surface area contributed by atoms with Crippen LogP contribution in [-0.4, -0.2) is 52.7 Å². The molecule has 1 aliphatic rings. The van der Waals surface area contributed by atoms with E-state index >= 15 is 0 Å². The van der Waals surface area contributed by atoms with Gasteiger partial charge in [0.2, 0.25) is 5.91 Å². The molecule has 0 bridgehead atoms. The van der Waals surface area contributed by atoms with Crippen molar-refractivity contribution < 1.29 is 18.0 Å². The molecule has 0 atom stereocenters.